The Hall–Kier alpha value is -3.88. The Morgan fingerprint density at radius 2 is 1.76 bits per heavy atom. The van der Waals surface area contributed by atoms with E-state index >= 15 is 0 Å². The molecule has 0 bridgehead atoms. The molecule has 34 heavy (non-hydrogen) atoms. The average molecular weight is 467 g/mol. The molecule has 4 rings (SSSR count). The second-order valence-corrected chi connectivity index (χ2v) is 8.38. The molecule has 1 unspecified atom stereocenters. The fourth-order valence-electron chi connectivity index (χ4n) is 4.16. The summed E-state index contributed by atoms with van der Waals surface area (Å²) in [5.74, 6) is -1.32. The van der Waals surface area contributed by atoms with Gasteiger partial charge in [0.25, 0.3) is 0 Å². The van der Waals surface area contributed by atoms with Crippen molar-refractivity contribution in [3.8, 4) is 5.69 Å². The third-order valence-electron chi connectivity index (χ3n) is 6.04. The van der Waals surface area contributed by atoms with Crippen molar-refractivity contribution in [1.82, 2.24) is 9.78 Å². The van der Waals surface area contributed by atoms with Gasteiger partial charge in [-0.2, -0.15) is 5.10 Å². The standard InChI is InChI=1S/C25H27FN4O4/c1-17(19-5-3-2-4-6-19)34-25(33)28-24-22(26)16-27-30(24)21-9-7-20(8-10-21)29-13-11-18(12-14-29)15-23(31)32/h2-10,16-18H,11-15H2,1H3,(H,28,33)(H,31,32). The predicted octanol–water partition coefficient (Wildman–Crippen LogP) is 5.01. The lowest BCUT2D eigenvalue weighted by molar-refractivity contribution is -0.138. The van der Waals surface area contributed by atoms with E-state index < -0.39 is 24.0 Å². The van der Waals surface area contributed by atoms with Crippen molar-refractivity contribution in [2.75, 3.05) is 23.3 Å². The number of aromatic nitrogens is 2. The van der Waals surface area contributed by atoms with E-state index in [9.17, 15) is 14.0 Å². The summed E-state index contributed by atoms with van der Waals surface area (Å²) in [4.78, 5) is 25.5. The maximum Gasteiger partial charge on any atom is 0.413 e. The Morgan fingerprint density at radius 1 is 1.12 bits per heavy atom. The lowest BCUT2D eigenvalue weighted by Gasteiger charge is -2.33. The van der Waals surface area contributed by atoms with Crippen molar-refractivity contribution < 1.29 is 23.8 Å². The quantitative estimate of drug-likeness (QED) is 0.508. The van der Waals surface area contributed by atoms with Crippen LogP contribution >= 0.6 is 0 Å². The highest BCUT2D eigenvalue weighted by molar-refractivity contribution is 5.84. The number of hydrogen-bond donors (Lipinski definition) is 2. The van der Waals surface area contributed by atoms with Gasteiger partial charge in [0, 0.05) is 25.2 Å². The third kappa shape index (κ3) is 5.54. The molecule has 2 heterocycles. The van der Waals surface area contributed by atoms with Crippen molar-refractivity contribution in [1.29, 1.82) is 0 Å². The van der Waals surface area contributed by atoms with E-state index in [1.807, 2.05) is 42.5 Å². The highest BCUT2D eigenvalue weighted by Crippen LogP contribution is 2.27. The number of carboxylic acid groups (broad SMARTS) is 1. The van der Waals surface area contributed by atoms with Crippen LogP contribution in [0.1, 0.15) is 37.9 Å². The molecule has 0 radical (unpaired) electrons. The summed E-state index contributed by atoms with van der Waals surface area (Å²) in [6.45, 7) is 3.31. The Balaban J connectivity index is 1.40. The molecule has 0 saturated carbocycles. The number of rotatable bonds is 7. The molecule has 0 spiro atoms. The fourth-order valence-corrected chi connectivity index (χ4v) is 4.16. The van der Waals surface area contributed by atoms with Crippen LogP contribution in [0, 0.1) is 11.7 Å². The number of carbonyl (C=O) groups is 2. The molecule has 1 aliphatic heterocycles. The first-order valence-corrected chi connectivity index (χ1v) is 11.2. The topological polar surface area (TPSA) is 96.7 Å². The van der Waals surface area contributed by atoms with Gasteiger partial charge in [-0.05, 0) is 55.5 Å². The number of amides is 1. The van der Waals surface area contributed by atoms with Crippen molar-refractivity contribution in [2.24, 2.45) is 5.92 Å². The molecule has 1 fully saturated rings. The smallest absolute Gasteiger partial charge is 0.413 e. The number of piperidine rings is 1. The number of nitrogens with zero attached hydrogens (tertiary/aromatic N) is 3. The zero-order valence-corrected chi connectivity index (χ0v) is 18.9. The van der Waals surface area contributed by atoms with E-state index in [2.05, 4.69) is 15.3 Å². The minimum atomic E-state index is -0.780. The van der Waals surface area contributed by atoms with Crippen LogP contribution in [0.5, 0.6) is 0 Å². The third-order valence-corrected chi connectivity index (χ3v) is 6.04. The molecule has 2 N–H and O–H groups in total. The number of nitrogens with one attached hydrogen (secondary N) is 1. The Bertz CT molecular complexity index is 1130. The van der Waals surface area contributed by atoms with E-state index in [0.717, 1.165) is 43.4 Å². The number of benzene rings is 2. The first kappa shape index (κ1) is 23.3. The van der Waals surface area contributed by atoms with Crippen LogP contribution in [0.25, 0.3) is 5.69 Å². The number of carbonyl (C=O) groups excluding carboxylic acids is 1. The SMILES string of the molecule is CC(OC(=O)Nc1c(F)cnn1-c1ccc(N2CCC(CC(=O)O)CC2)cc1)c1ccccc1. The molecular formula is C25H27FN4O4. The molecule has 1 aliphatic rings. The number of carboxylic acids is 1. The van der Waals surface area contributed by atoms with Gasteiger partial charge in [0.2, 0.25) is 0 Å². The number of halogens is 1. The number of aliphatic carboxylic acids is 1. The minimum absolute atomic E-state index is 0.104. The zero-order chi connectivity index (χ0) is 24.1. The lowest BCUT2D eigenvalue weighted by atomic mass is 9.93. The second kappa shape index (κ2) is 10.4. The molecule has 1 atom stereocenters. The predicted molar refractivity (Wildman–Crippen MR) is 126 cm³/mol. The van der Waals surface area contributed by atoms with Gasteiger partial charge in [-0.1, -0.05) is 30.3 Å². The first-order chi connectivity index (χ1) is 16.4. The van der Waals surface area contributed by atoms with E-state index in [4.69, 9.17) is 9.84 Å². The average Bonchev–Trinajstić information content (AvgIpc) is 3.19. The summed E-state index contributed by atoms with van der Waals surface area (Å²) in [6.07, 6.45) is 1.63. The van der Waals surface area contributed by atoms with Crippen molar-refractivity contribution in [2.45, 2.75) is 32.3 Å². The normalized spacial score (nSPS) is 15.1. The maximum atomic E-state index is 14.4. The van der Waals surface area contributed by atoms with Crippen LogP contribution in [-0.2, 0) is 9.53 Å². The molecule has 178 valence electrons. The molecule has 1 amide bonds. The van der Waals surface area contributed by atoms with Crippen LogP contribution in [0.3, 0.4) is 0 Å². The number of hydrogen-bond acceptors (Lipinski definition) is 5. The summed E-state index contributed by atoms with van der Waals surface area (Å²) in [5, 5.41) is 15.5. The van der Waals surface area contributed by atoms with Crippen molar-refractivity contribution in [3.05, 3.63) is 72.2 Å². The summed E-state index contributed by atoms with van der Waals surface area (Å²) in [6, 6.07) is 16.7. The van der Waals surface area contributed by atoms with Gasteiger partial charge in [-0.25, -0.2) is 13.9 Å². The zero-order valence-electron chi connectivity index (χ0n) is 18.9. The largest absolute Gasteiger partial charge is 0.481 e. The maximum absolute atomic E-state index is 14.4. The van der Waals surface area contributed by atoms with Crippen LogP contribution in [0.2, 0.25) is 0 Å². The Morgan fingerprint density at radius 3 is 2.41 bits per heavy atom. The number of ether oxygens (including phenoxy) is 1. The van der Waals surface area contributed by atoms with Gasteiger partial charge in [0.05, 0.1) is 11.9 Å². The summed E-state index contributed by atoms with van der Waals surface area (Å²) >= 11 is 0. The van der Waals surface area contributed by atoms with Crippen molar-refractivity contribution in [3.63, 3.8) is 0 Å². The van der Waals surface area contributed by atoms with Crippen LogP contribution < -0.4 is 10.2 Å². The highest BCUT2D eigenvalue weighted by atomic mass is 19.1. The van der Waals surface area contributed by atoms with Gasteiger partial charge >= 0.3 is 12.1 Å². The molecule has 8 nitrogen and oxygen atoms in total. The van der Waals surface area contributed by atoms with E-state index in [0.29, 0.717) is 5.69 Å². The van der Waals surface area contributed by atoms with Gasteiger partial charge in [-0.15, -0.1) is 0 Å². The van der Waals surface area contributed by atoms with Crippen LogP contribution in [0.4, 0.5) is 20.7 Å². The van der Waals surface area contributed by atoms with Crippen molar-refractivity contribution >= 4 is 23.6 Å². The fraction of sp³-hybridized carbons (Fsp3) is 0.320. The van der Waals surface area contributed by atoms with Crippen LogP contribution in [0.15, 0.2) is 60.8 Å². The Labute approximate surface area is 197 Å². The molecule has 9 heteroatoms. The lowest BCUT2D eigenvalue weighted by Crippen LogP contribution is -2.34. The van der Waals surface area contributed by atoms with Crippen LogP contribution in [-0.4, -0.2) is 40.0 Å². The van der Waals surface area contributed by atoms with Gasteiger partial charge in [0.1, 0.15) is 6.10 Å². The second-order valence-electron chi connectivity index (χ2n) is 8.38. The minimum Gasteiger partial charge on any atom is -0.481 e. The summed E-state index contributed by atoms with van der Waals surface area (Å²) < 4.78 is 21.1. The highest BCUT2D eigenvalue weighted by Gasteiger charge is 2.22. The number of anilines is 2. The Kier molecular flexibility index (Phi) is 7.10. The summed E-state index contributed by atoms with van der Waals surface area (Å²) in [5.41, 5.74) is 2.41. The first-order valence-electron chi connectivity index (χ1n) is 11.2. The molecule has 1 saturated heterocycles. The van der Waals surface area contributed by atoms with Gasteiger partial charge in [0.15, 0.2) is 11.6 Å². The molecule has 2 aromatic carbocycles. The van der Waals surface area contributed by atoms with Gasteiger partial charge in [-0.3, -0.25) is 10.1 Å². The van der Waals surface area contributed by atoms with E-state index in [1.165, 1.54) is 4.68 Å². The molecule has 1 aromatic heterocycles. The molecular weight excluding hydrogens is 439 g/mol. The summed E-state index contributed by atoms with van der Waals surface area (Å²) in [7, 11) is 0. The monoisotopic (exact) mass is 466 g/mol. The molecule has 0 aliphatic carbocycles. The van der Waals surface area contributed by atoms with E-state index in [-0.39, 0.29) is 18.2 Å². The van der Waals surface area contributed by atoms with Gasteiger partial charge < -0.3 is 14.7 Å². The molecule has 3 aromatic rings. The van der Waals surface area contributed by atoms with E-state index in [1.54, 1.807) is 19.1 Å².